The van der Waals surface area contributed by atoms with Crippen LogP contribution in [0, 0.1) is 11.6 Å². The molecule has 0 fully saturated rings. The van der Waals surface area contributed by atoms with Crippen molar-refractivity contribution < 1.29 is 18.3 Å². The summed E-state index contributed by atoms with van der Waals surface area (Å²) in [6.07, 6.45) is 0. The number of halogens is 2. The van der Waals surface area contributed by atoms with Crippen LogP contribution in [0.5, 0.6) is 0 Å². The molecule has 5 heteroatoms. The van der Waals surface area contributed by atoms with Gasteiger partial charge in [0.1, 0.15) is 0 Å². The van der Waals surface area contributed by atoms with Crippen LogP contribution in [0.15, 0.2) is 18.2 Å². The number of ether oxygens (including phenoxy) is 1. The van der Waals surface area contributed by atoms with Gasteiger partial charge in [-0.25, -0.2) is 8.78 Å². The first-order valence-corrected chi connectivity index (χ1v) is 5.30. The Balaban J connectivity index is 2.67. The van der Waals surface area contributed by atoms with Gasteiger partial charge in [0.25, 0.3) is 0 Å². The Morgan fingerprint density at radius 3 is 2.59 bits per heavy atom. The van der Waals surface area contributed by atoms with Gasteiger partial charge in [0, 0.05) is 6.54 Å². The molecule has 0 saturated heterocycles. The van der Waals surface area contributed by atoms with Crippen LogP contribution >= 0.6 is 0 Å². The topological polar surface area (TPSA) is 29.5 Å². The van der Waals surface area contributed by atoms with E-state index in [4.69, 9.17) is 0 Å². The zero-order chi connectivity index (χ0) is 12.8. The fourth-order valence-corrected chi connectivity index (χ4v) is 1.42. The number of rotatable bonds is 5. The highest BCUT2D eigenvalue weighted by atomic mass is 19.2. The van der Waals surface area contributed by atoms with Crippen molar-refractivity contribution in [3.8, 4) is 0 Å². The highest BCUT2D eigenvalue weighted by Gasteiger charge is 2.11. The number of esters is 1. The van der Waals surface area contributed by atoms with Gasteiger partial charge < -0.3 is 4.74 Å². The van der Waals surface area contributed by atoms with Crippen LogP contribution in [-0.4, -0.2) is 31.1 Å². The van der Waals surface area contributed by atoms with Crippen molar-refractivity contribution in [2.24, 2.45) is 0 Å². The molecule has 0 aliphatic carbocycles. The van der Waals surface area contributed by atoms with Crippen molar-refractivity contribution in [1.29, 1.82) is 0 Å². The molecule has 0 saturated carbocycles. The molecule has 1 aromatic rings. The van der Waals surface area contributed by atoms with Gasteiger partial charge in [-0.2, -0.15) is 0 Å². The largest absolute Gasteiger partial charge is 0.468 e. The minimum Gasteiger partial charge on any atom is -0.468 e. The predicted molar refractivity (Wildman–Crippen MR) is 59.3 cm³/mol. The number of carbonyl (C=O) groups is 1. The summed E-state index contributed by atoms with van der Waals surface area (Å²) in [4.78, 5) is 12.9. The van der Waals surface area contributed by atoms with Gasteiger partial charge in [-0.3, -0.25) is 9.69 Å². The van der Waals surface area contributed by atoms with Crippen LogP contribution in [0.25, 0.3) is 0 Å². The van der Waals surface area contributed by atoms with E-state index in [1.807, 2.05) is 6.92 Å². The standard InChI is InChI=1S/C12H15F2NO2/c1-3-15(8-12(16)17-2)7-9-4-5-10(13)11(14)6-9/h4-6H,3,7-8H2,1-2H3. The van der Waals surface area contributed by atoms with Crippen molar-refractivity contribution in [2.75, 3.05) is 20.2 Å². The first kappa shape index (κ1) is 13.6. The third-order valence-electron chi connectivity index (χ3n) is 2.42. The van der Waals surface area contributed by atoms with Crippen molar-refractivity contribution in [3.63, 3.8) is 0 Å². The quantitative estimate of drug-likeness (QED) is 0.740. The molecule has 0 unspecified atom stereocenters. The van der Waals surface area contributed by atoms with E-state index in [-0.39, 0.29) is 12.5 Å². The fraction of sp³-hybridized carbons (Fsp3) is 0.417. The van der Waals surface area contributed by atoms with Gasteiger partial charge in [0.15, 0.2) is 11.6 Å². The molecule has 1 rings (SSSR count). The SMILES string of the molecule is CCN(CC(=O)OC)Cc1ccc(F)c(F)c1. The smallest absolute Gasteiger partial charge is 0.319 e. The van der Waals surface area contributed by atoms with Crippen molar-refractivity contribution >= 4 is 5.97 Å². The maximum Gasteiger partial charge on any atom is 0.319 e. The zero-order valence-corrected chi connectivity index (χ0v) is 9.87. The third-order valence-corrected chi connectivity index (χ3v) is 2.42. The Kier molecular flexibility index (Phi) is 5.03. The summed E-state index contributed by atoms with van der Waals surface area (Å²) >= 11 is 0. The van der Waals surface area contributed by atoms with E-state index in [9.17, 15) is 13.6 Å². The second kappa shape index (κ2) is 6.30. The molecule has 17 heavy (non-hydrogen) atoms. The molecule has 1 aromatic carbocycles. The van der Waals surface area contributed by atoms with E-state index in [1.54, 1.807) is 4.90 Å². The van der Waals surface area contributed by atoms with Gasteiger partial charge in [-0.1, -0.05) is 13.0 Å². The van der Waals surface area contributed by atoms with Gasteiger partial charge in [-0.15, -0.1) is 0 Å². The minimum atomic E-state index is -0.878. The van der Waals surface area contributed by atoms with Crippen molar-refractivity contribution in [1.82, 2.24) is 4.90 Å². The monoisotopic (exact) mass is 243 g/mol. The maximum absolute atomic E-state index is 13.0. The van der Waals surface area contributed by atoms with Crippen LogP contribution in [-0.2, 0) is 16.1 Å². The summed E-state index contributed by atoms with van der Waals surface area (Å²) in [5, 5.41) is 0. The first-order valence-electron chi connectivity index (χ1n) is 5.30. The van der Waals surface area contributed by atoms with Gasteiger partial charge >= 0.3 is 5.97 Å². The zero-order valence-electron chi connectivity index (χ0n) is 9.87. The van der Waals surface area contributed by atoms with Crippen LogP contribution in [0.2, 0.25) is 0 Å². The summed E-state index contributed by atoms with van der Waals surface area (Å²) in [6, 6.07) is 3.71. The average molecular weight is 243 g/mol. The lowest BCUT2D eigenvalue weighted by atomic mass is 10.2. The Morgan fingerprint density at radius 1 is 1.35 bits per heavy atom. The lowest BCUT2D eigenvalue weighted by molar-refractivity contribution is -0.142. The number of hydrogen-bond donors (Lipinski definition) is 0. The number of benzene rings is 1. The molecule has 0 N–H and O–H groups in total. The molecule has 94 valence electrons. The predicted octanol–water partition coefficient (Wildman–Crippen LogP) is 1.96. The van der Waals surface area contributed by atoms with E-state index in [1.165, 1.54) is 13.2 Å². The van der Waals surface area contributed by atoms with Crippen LogP contribution in [0.3, 0.4) is 0 Å². The summed E-state index contributed by atoms with van der Waals surface area (Å²) in [5.41, 5.74) is 0.620. The molecular weight excluding hydrogens is 228 g/mol. The Bertz CT molecular complexity index is 396. The molecular formula is C12H15F2NO2. The van der Waals surface area contributed by atoms with E-state index in [0.717, 1.165) is 12.1 Å². The summed E-state index contributed by atoms with van der Waals surface area (Å²) < 4.78 is 30.2. The molecule has 0 atom stereocenters. The van der Waals surface area contributed by atoms with E-state index >= 15 is 0 Å². The fourth-order valence-electron chi connectivity index (χ4n) is 1.42. The molecule has 0 spiro atoms. The van der Waals surface area contributed by atoms with E-state index in [2.05, 4.69) is 4.74 Å². The van der Waals surface area contributed by atoms with Crippen molar-refractivity contribution in [3.05, 3.63) is 35.4 Å². The molecule has 0 aromatic heterocycles. The van der Waals surface area contributed by atoms with Crippen LogP contribution in [0.4, 0.5) is 8.78 Å². The van der Waals surface area contributed by atoms with Crippen LogP contribution in [0.1, 0.15) is 12.5 Å². The summed E-state index contributed by atoms with van der Waals surface area (Å²) in [7, 11) is 1.31. The summed E-state index contributed by atoms with van der Waals surface area (Å²) in [6.45, 7) is 3.01. The molecule has 0 aliphatic rings. The second-order valence-electron chi connectivity index (χ2n) is 3.63. The Labute approximate surface area is 99.0 Å². The van der Waals surface area contributed by atoms with E-state index < -0.39 is 11.6 Å². The molecule has 0 aliphatic heterocycles. The number of likely N-dealkylation sites (N-methyl/N-ethyl adjacent to an activating group) is 1. The normalized spacial score (nSPS) is 10.6. The number of hydrogen-bond acceptors (Lipinski definition) is 3. The second-order valence-corrected chi connectivity index (χ2v) is 3.63. The van der Waals surface area contributed by atoms with Gasteiger partial charge in [-0.05, 0) is 24.2 Å². The lowest BCUT2D eigenvalue weighted by Crippen LogP contribution is -2.30. The molecule has 0 heterocycles. The van der Waals surface area contributed by atoms with Gasteiger partial charge in [0.2, 0.25) is 0 Å². The van der Waals surface area contributed by atoms with E-state index in [0.29, 0.717) is 18.7 Å². The Hall–Kier alpha value is -1.49. The molecule has 0 radical (unpaired) electrons. The molecule has 0 amide bonds. The summed E-state index contributed by atoms with van der Waals surface area (Å²) in [5.74, 6) is -2.10. The highest BCUT2D eigenvalue weighted by Crippen LogP contribution is 2.10. The number of methoxy groups -OCH3 is 1. The lowest BCUT2D eigenvalue weighted by Gasteiger charge is -2.18. The van der Waals surface area contributed by atoms with Gasteiger partial charge in [0.05, 0.1) is 13.7 Å². The maximum atomic E-state index is 13.0. The Morgan fingerprint density at radius 2 is 2.06 bits per heavy atom. The number of nitrogens with zero attached hydrogens (tertiary/aromatic N) is 1. The average Bonchev–Trinajstić information content (AvgIpc) is 2.32. The number of carbonyl (C=O) groups excluding carboxylic acids is 1. The van der Waals surface area contributed by atoms with Crippen molar-refractivity contribution in [2.45, 2.75) is 13.5 Å². The molecule has 0 bridgehead atoms. The minimum absolute atomic E-state index is 0.131. The third kappa shape index (κ3) is 4.11. The molecule has 3 nitrogen and oxygen atoms in total. The highest BCUT2D eigenvalue weighted by molar-refractivity contribution is 5.71. The van der Waals surface area contributed by atoms with Crippen LogP contribution < -0.4 is 0 Å². The first-order chi connectivity index (χ1) is 8.06.